The third-order valence-corrected chi connectivity index (χ3v) is 4.36. The van der Waals surface area contributed by atoms with E-state index in [2.05, 4.69) is 10.1 Å². The van der Waals surface area contributed by atoms with E-state index in [-0.39, 0.29) is 17.6 Å². The second-order valence-corrected chi connectivity index (χ2v) is 6.55. The number of hydrogen-bond acceptors (Lipinski definition) is 5. The minimum absolute atomic E-state index is 0.00986. The Morgan fingerprint density at radius 1 is 1.35 bits per heavy atom. The summed E-state index contributed by atoms with van der Waals surface area (Å²) in [5, 5.41) is 3.00. The van der Waals surface area contributed by atoms with Crippen LogP contribution >= 0.6 is 0 Å². The van der Waals surface area contributed by atoms with Crippen molar-refractivity contribution in [2.75, 3.05) is 5.75 Å². The summed E-state index contributed by atoms with van der Waals surface area (Å²) in [5.74, 6) is 0.813. The Labute approximate surface area is 102 Å². The average Bonchev–Trinajstić information content (AvgIpc) is 2.74. The Balaban J connectivity index is 2.91. The normalized spacial score (nSPS) is 14.6. The lowest BCUT2D eigenvalue weighted by molar-refractivity contribution is 0.369. The van der Waals surface area contributed by atoms with E-state index in [4.69, 9.17) is 4.52 Å². The van der Waals surface area contributed by atoms with Crippen LogP contribution in [0.3, 0.4) is 0 Å². The smallest absolute Gasteiger partial charge is 0.244 e. The van der Waals surface area contributed by atoms with Crippen LogP contribution in [-0.4, -0.2) is 24.3 Å². The van der Waals surface area contributed by atoms with E-state index in [1.54, 1.807) is 26.0 Å². The van der Waals surface area contributed by atoms with Crippen molar-refractivity contribution in [3.63, 3.8) is 0 Å². The van der Waals surface area contributed by atoms with Gasteiger partial charge >= 0.3 is 0 Å². The zero-order valence-electron chi connectivity index (χ0n) is 10.5. The predicted octanol–water partition coefficient (Wildman–Crippen LogP) is 2.24. The molecule has 0 aliphatic heterocycles. The van der Waals surface area contributed by atoms with Gasteiger partial charge in [-0.15, -0.1) is 0 Å². The Morgan fingerprint density at radius 3 is 2.47 bits per heavy atom. The summed E-state index contributed by atoms with van der Waals surface area (Å²) in [7, 11) is -3.27. The lowest BCUT2D eigenvalue weighted by atomic mass is 10.2. The van der Waals surface area contributed by atoms with Gasteiger partial charge in [0.05, 0.1) is 5.75 Å². The fourth-order valence-electron chi connectivity index (χ4n) is 1.18. The average molecular weight is 258 g/mol. The maximum absolute atomic E-state index is 11.9. The van der Waals surface area contributed by atoms with Crippen LogP contribution in [0.5, 0.6) is 0 Å². The highest BCUT2D eigenvalue weighted by atomic mass is 32.2. The molecule has 5 nitrogen and oxygen atoms in total. The zero-order chi connectivity index (χ0) is 13.1. The van der Waals surface area contributed by atoms with Gasteiger partial charge in [0.25, 0.3) is 0 Å². The van der Waals surface area contributed by atoms with Crippen LogP contribution in [0.2, 0.25) is 0 Å². The molecule has 6 heteroatoms. The van der Waals surface area contributed by atoms with E-state index in [1.807, 2.05) is 13.8 Å². The lowest BCUT2D eigenvalue weighted by Crippen LogP contribution is -2.13. The van der Waals surface area contributed by atoms with Crippen molar-refractivity contribution in [1.82, 2.24) is 10.1 Å². The minimum Gasteiger partial charge on any atom is -0.338 e. The van der Waals surface area contributed by atoms with Gasteiger partial charge in [0.15, 0.2) is 15.7 Å². The first-order valence-electron chi connectivity index (χ1n) is 5.54. The molecule has 1 heterocycles. The van der Waals surface area contributed by atoms with Crippen LogP contribution < -0.4 is 0 Å². The molecule has 0 N–H and O–H groups in total. The molecule has 1 aromatic rings. The molecule has 17 heavy (non-hydrogen) atoms. The first kappa shape index (κ1) is 13.9. The zero-order valence-corrected chi connectivity index (χ0v) is 11.4. The number of rotatable bonds is 5. The molecule has 0 aliphatic carbocycles. The van der Waals surface area contributed by atoms with Crippen LogP contribution in [0.1, 0.15) is 50.6 Å². The molecule has 1 aromatic heterocycles. The highest BCUT2D eigenvalue weighted by Gasteiger charge is 2.27. The summed E-state index contributed by atoms with van der Waals surface area (Å²) in [4.78, 5) is 4.10. The monoisotopic (exact) mass is 258 g/mol. The number of allylic oxidation sites excluding steroid dienone is 1. The van der Waals surface area contributed by atoms with Gasteiger partial charge in [-0.3, -0.25) is 0 Å². The van der Waals surface area contributed by atoms with E-state index >= 15 is 0 Å². The SMILES string of the molecule is C/C=C\CS(=O)(=O)[C@@H](C)c1nc(C(C)C)no1. The maximum atomic E-state index is 11.9. The Hall–Kier alpha value is -1.17. The van der Waals surface area contributed by atoms with E-state index in [1.165, 1.54) is 0 Å². The Bertz CT molecular complexity index is 489. The van der Waals surface area contributed by atoms with Gasteiger partial charge in [0.2, 0.25) is 5.89 Å². The molecular weight excluding hydrogens is 240 g/mol. The van der Waals surface area contributed by atoms with Gasteiger partial charge in [-0.05, 0) is 13.8 Å². The van der Waals surface area contributed by atoms with E-state index in [0.717, 1.165) is 0 Å². The lowest BCUT2D eigenvalue weighted by Gasteiger charge is -2.05. The summed E-state index contributed by atoms with van der Waals surface area (Å²) in [6.45, 7) is 7.20. The number of hydrogen-bond donors (Lipinski definition) is 0. The van der Waals surface area contributed by atoms with Gasteiger partial charge in [0.1, 0.15) is 5.25 Å². The number of sulfone groups is 1. The molecule has 0 radical (unpaired) electrons. The van der Waals surface area contributed by atoms with Crippen LogP contribution in [0.4, 0.5) is 0 Å². The molecule has 0 fully saturated rings. The van der Waals surface area contributed by atoms with Gasteiger partial charge in [-0.25, -0.2) is 8.42 Å². The van der Waals surface area contributed by atoms with Crippen molar-refractivity contribution in [3.05, 3.63) is 23.9 Å². The quantitative estimate of drug-likeness (QED) is 0.757. The van der Waals surface area contributed by atoms with Crippen molar-refractivity contribution in [2.45, 2.75) is 38.9 Å². The second-order valence-electron chi connectivity index (χ2n) is 4.19. The van der Waals surface area contributed by atoms with E-state index in [9.17, 15) is 8.42 Å². The van der Waals surface area contributed by atoms with Gasteiger partial charge < -0.3 is 4.52 Å². The van der Waals surface area contributed by atoms with Crippen LogP contribution in [0, 0.1) is 0 Å². The maximum Gasteiger partial charge on any atom is 0.244 e. The third kappa shape index (κ3) is 3.39. The summed E-state index contributed by atoms with van der Waals surface area (Å²) >= 11 is 0. The van der Waals surface area contributed by atoms with E-state index < -0.39 is 15.1 Å². The minimum atomic E-state index is -3.27. The summed E-state index contributed by atoms with van der Waals surface area (Å²) in [6, 6.07) is 0. The fourth-order valence-corrected chi connectivity index (χ4v) is 2.33. The molecule has 0 saturated carbocycles. The number of aromatic nitrogens is 2. The Morgan fingerprint density at radius 2 is 2.00 bits per heavy atom. The van der Waals surface area contributed by atoms with Crippen LogP contribution in [-0.2, 0) is 9.84 Å². The van der Waals surface area contributed by atoms with Gasteiger partial charge in [-0.2, -0.15) is 4.98 Å². The van der Waals surface area contributed by atoms with E-state index in [0.29, 0.717) is 5.82 Å². The summed E-state index contributed by atoms with van der Waals surface area (Å²) in [6.07, 6.45) is 3.31. The first-order valence-corrected chi connectivity index (χ1v) is 7.26. The van der Waals surface area contributed by atoms with Gasteiger partial charge in [-0.1, -0.05) is 31.2 Å². The Kier molecular flexibility index (Phi) is 4.45. The molecule has 0 saturated heterocycles. The molecule has 0 bridgehead atoms. The highest BCUT2D eigenvalue weighted by Crippen LogP contribution is 2.22. The van der Waals surface area contributed by atoms with Crippen molar-refractivity contribution in [2.24, 2.45) is 0 Å². The molecule has 0 spiro atoms. The largest absolute Gasteiger partial charge is 0.338 e. The third-order valence-electron chi connectivity index (χ3n) is 2.42. The predicted molar refractivity (Wildman–Crippen MR) is 65.4 cm³/mol. The summed E-state index contributed by atoms with van der Waals surface area (Å²) in [5.41, 5.74) is 0. The topological polar surface area (TPSA) is 73.1 Å². The van der Waals surface area contributed by atoms with Crippen LogP contribution in [0.25, 0.3) is 0 Å². The molecule has 0 amide bonds. The first-order chi connectivity index (χ1) is 7.88. The second kappa shape index (κ2) is 5.44. The molecule has 1 atom stereocenters. The molecular formula is C11H18N2O3S. The molecule has 0 unspecified atom stereocenters. The van der Waals surface area contributed by atoms with Crippen molar-refractivity contribution in [3.8, 4) is 0 Å². The fraction of sp³-hybridized carbons (Fsp3) is 0.636. The van der Waals surface area contributed by atoms with Gasteiger partial charge in [0, 0.05) is 5.92 Å². The highest BCUT2D eigenvalue weighted by molar-refractivity contribution is 7.91. The standard InChI is InChI=1S/C11H18N2O3S/c1-5-6-7-17(14,15)9(4)11-12-10(8(2)3)13-16-11/h5-6,8-9H,7H2,1-4H3/b6-5-/t9-/m0/s1. The molecule has 1 rings (SSSR count). The van der Waals surface area contributed by atoms with Crippen LogP contribution in [0.15, 0.2) is 16.7 Å². The molecule has 0 aromatic carbocycles. The number of nitrogens with zero attached hydrogens (tertiary/aromatic N) is 2. The summed E-state index contributed by atoms with van der Waals surface area (Å²) < 4.78 is 28.8. The van der Waals surface area contributed by atoms with Crippen molar-refractivity contribution in [1.29, 1.82) is 0 Å². The van der Waals surface area contributed by atoms with Crippen molar-refractivity contribution < 1.29 is 12.9 Å². The molecule has 0 aliphatic rings. The van der Waals surface area contributed by atoms with Crippen molar-refractivity contribution >= 4 is 9.84 Å². The molecule has 96 valence electrons.